The van der Waals surface area contributed by atoms with Crippen molar-refractivity contribution in [3.63, 3.8) is 0 Å². The molecule has 2 aliphatic rings. The summed E-state index contributed by atoms with van der Waals surface area (Å²) in [5, 5.41) is 6.17. The number of fused-ring (bicyclic) bond motifs is 1. The fourth-order valence-corrected chi connectivity index (χ4v) is 6.60. The molecule has 3 aromatic heterocycles. The van der Waals surface area contributed by atoms with Crippen LogP contribution in [0.4, 0.5) is 4.79 Å². The number of rotatable bonds is 9. The summed E-state index contributed by atoms with van der Waals surface area (Å²) >= 11 is 0. The van der Waals surface area contributed by atoms with Crippen molar-refractivity contribution < 1.29 is 14.3 Å². The molecule has 2 fully saturated rings. The number of benzene rings is 2. The Hall–Kier alpha value is -5.36. The zero-order valence-corrected chi connectivity index (χ0v) is 27.1. The van der Waals surface area contributed by atoms with Crippen LogP contribution in [0.2, 0.25) is 0 Å². The summed E-state index contributed by atoms with van der Waals surface area (Å²) in [5.74, 6) is 1.24. The number of nitrogens with one attached hydrogen (secondary N) is 4. The number of ether oxygens (including phenoxy) is 1. The minimum Gasteiger partial charge on any atom is -0.453 e. The summed E-state index contributed by atoms with van der Waals surface area (Å²) in [6, 6.07) is 13.5. The number of aromatic amines is 2. The van der Waals surface area contributed by atoms with Gasteiger partial charge >= 0.3 is 6.09 Å². The molecular formula is C36H39N9O3. The summed E-state index contributed by atoms with van der Waals surface area (Å²) in [6.07, 6.45) is 10.3. The van der Waals surface area contributed by atoms with E-state index in [9.17, 15) is 9.59 Å². The van der Waals surface area contributed by atoms with E-state index in [0.717, 1.165) is 76.4 Å². The Labute approximate surface area is 278 Å². The van der Waals surface area contributed by atoms with E-state index in [0.29, 0.717) is 12.4 Å². The van der Waals surface area contributed by atoms with Crippen LogP contribution in [0.1, 0.15) is 56.3 Å². The van der Waals surface area contributed by atoms with E-state index in [4.69, 9.17) is 19.7 Å². The third-order valence-corrected chi connectivity index (χ3v) is 9.40. The van der Waals surface area contributed by atoms with Crippen molar-refractivity contribution in [1.82, 2.24) is 45.4 Å². The average molecular weight is 646 g/mol. The first-order valence-corrected chi connectivity index (χ1v) is 16.4. The number of amides is 2. The molecule has 2 amide bonds. The molecule has 5 aromatic rings. The molecule has 0 saturated carbocycles. The molecule has 5 heterocycles. The average Bonchev–Trinajstić information content (AvgIpc) is 3.96. The quantitative estimate of drug-likeness (QED) is 0.149. The maximum atomic E-state index is 13.6. The number of likely N-dealkylation sites (tertiary alicyclic amines) is 1. The maximum Gasteiger partial charge on any atom is 0.407 e. The van der Waals surface area contributed by atoms with Crippen molar-refractivity contribution in [2.24, 2.45) is 5.92 Å². The molecule has 0 aliphatic carbocycles. The van der Waals surface area contributed by atoms with Gasteiger partial charge in [-0.3, -0.25) is 14.8 Å². The molecule has 2 aromatic carbocycles. The molecule has 4 N–H and O–H groups in total. The first kappa shape index (κ1) is 31.3. The second-order valence-corrected chi connectivity index (χ2v) is 12.4. The Morgan fingerprint density at radius 3 is 2.42 bits per heavy atom. The summed E-state index contributed by atoms with van der Waals surface area (Å²) in [5.41, 5.74) is 7.25. The fourth-order valence-electron chi connectivity index (χ4n) is 6.60. The minimum absolute atomic E-state index is 0.183. The number of alkyl carbamates (subject to hydrolysis) is 1. The minimum atomic E-state index is -0.776. The van der Waals surface area contributed by atoms with Crippen LogP contribution < -0.4 is 10.6 Å². The van der Waals surface area contributed by atoms with Crippen molar-refractivity contribution in [1.29, 1.82) is 0 Å². The van der Waals surface area contributed by atoms with Gasteiger partial charge in [-0.05, 0) is 49.9 Å². The van der Waals surface area contributed by atoms with E-state index in [1.165, 1.54) is 13.5 Å². The van der Waals surface area contributed by atoms with E-state index in [1.807, 2.05) is 43.3 Å². The lowest BCUT2D eigenvalue weighted by atomic mass is 10.0. The number of hydrogen-bond donors (Lipinski definition) is 4. The van der Waals surface area contributed by atoms with Gasteiger partial charge in [-0.15, -0.1) is 6.58 Å². The highest BCUT2D eigenvalue weighted by Gasteiger charge is 2.38. The van der Waals surface area contributed by atoms with Gasteiger partial charge in [-0.2, -0.15) is 0 Å². The van der Waals surface area contributed by atoms with Crippen LogP contribution >= 0.6 is 0 Å². The Kier molecular flexibility index (Phi) is 8.72. The van der Waals surface area contributed by atoms with Crippen molar-refractivity contribution in [3.8, 4) is 33.8 Å². The van der Waals surface area contributed by atoms with Gasteiger partial charge in [0.05, 0.1) is 65.9 Å². The number of H-pyrrole nitrogens is 2. The number of carbonyl (C=O) groups excluding carboxylic acids is 2. The topological polar surface area (TPSA) is 154 Å². The second kappa shape index (κ2) is 13.4. The van der Waals surface area contributed by atoms with Crippen LogP contribution in [0.15, 0.2) is 73.7 Å². The highest BCUT2D eigenvalue weighted by Crippen LogP contribution is 2.33. The van der Waals surface area contributed by atoms with Gasteiger partial charge in [0.25, 0.3) is 0 Å². The molecule has 4 atom stereocenters. The number of carbonyl (C=O) groups is 2. The number of methoxy groups -OCH3 is 1. The van der Waals surface area contributed by atoms with Crippen molar-refractivity contribution >= 4 is 23.0 Å². The zero-order valence-electron chi connectivity index (χ0n) is 27.1. The predicted molar refractivity (Wildman–Crippen MR) is 182 cm³/mol. The molecule has 0 spiro atoms. The summed E-state index contributed by atoms with van der Waals surface area (Å²) in [4.78, 5) is 53.1. The summed E-state index contributed by atoms with van der Waals surface area (Å²) in [6.45, 7) is 7.26. The van der Waals surface area contributed by atoms with Gasteiger partial charge in [0.15, 0.2) is 0 Å². The number of imidazole rings is 2. The van der Waals surface area contributed by atoms with E-state index in [2.05, 4.69) is 38.2 Å². The van der Waals surface area contributed by atoms with Crippen LogP contribution in [0.5, 0.6) is 0 Å². The lowest BCUT2D eigenvalue weighted by Crippen LogP contribution is -2.51. The highest BCUT2D eigenvalue weighted by molar-refractivity contribution is 5.87. The molecular weight excluding hydrogens is 606 g/mol. The fraction of sp³-hybridized carbons (Fsp3) is 0.333. The monoisotopic (exact) mass is 645 g/mol. The predicted octanol–water partition coefficient (Wildman–Crippen LogP) is 5.71. The van der Waals surface area contributed by atoms with Crippen LogP contribution in [0, 0.1) is 5.92 Å². The normalized spacial score (nSPS) is 18.9. The molecule has 2 saturated heterocycles. The maximum absolute atomic E-state index is 13.6. The Morgan fingerprint density at radius 1 is 0.958 bits per heavy atom. The highest BCUT2D eigenvalue weighted by atomic mass is 16.5. The van der Waals surface area contributed by atoms with Gasteiger partial charge in [0.2, 0.25) is 5.91 Å². The molecule has 12 nitrogen and oxygen atoms in total. The van der Waals surface area contributed by atoms with Gasteiger partial charge in [0, 0.05) is 23.6 Å². The second-order valence-electron chi connectivity index (χ2n) is 12.4. The van der Waals surface area contributed by atoms with Crippen molar-refractivity contribution in [2.75, 3.05) is 20.2 Å². The standard InChI is InChI=1S/C36H39N9O3/c1-4-21(2)32(44-36(47)48-3)35(46)45-16-6-8-31(45)34-40-20-30(43-34)23-11-9-22(10-12-23)28-18-39-29(19-38-28)24-13-14-25-27(17-24)42-33(41-25)26-7-5-15-37-26/h4,9-14,17-21,26,31-32,37H,1,5-8,15-16H2,2-3H3,(H,40,43)(H,41,42)(H,44,47). The zero-order chi connectivity index (χ0) is 33.2. The van der Waals surface area contributed by atoms with E-state index >= 15 is 0 Å². The van der Waals surface area contributed by atoms with Crippen LogP contribution in [-0.2, 0) is 9.53 Å². The van der Waals surface area contributed by atoms with Gasteiger partial charge in [-0.25, -0.2) is 14.8 Å². The Balaban J connectivity index is 1.03. The van der Waals surface area contributed by atoms with Crippen molar-refractivity contribution in [3.05, 3.63) is 85.4 Å². The molecule has 0 radical (unpaired) electrons. The van der Waals surface area contributed by atoms with Crippen molar-refractivity contribution in [2.45, 2.75) is 50.7 Å². The van der Waals surface area contributed by atoms with Gasteiger partial charge in [-0.1, -0.05) is 43.3 Å². The lowest BCUT2D eigenvalue weighted by molar-refractivity contribution is -0.135. The summed E-state index contributed by atoms with van der Waals surface area (Å²) < 4.78 is 4.75. The molecule has 4 unspecified atom stereocenters. The Morgan fingerprint density at radius 2 is 1.71 bits per heavy atom. The first-order valence-electron chi connectivity index (χ1n) is 16.4. The lowest BCUT2D eigenvalue weighted by Gasteiger charge is -2.30. The van der Waals surface area contributed by atoms with E-state index in [1.54, 1.807) is 29.6 Å². The SMILES string of the molecule is C=CC(C)C(NC(=O)OC)C(=O)N1CCCC1c1ncc(-c2ccc(-c3cnc(-c4ccc5nc(C6CCCN6)[nH]c5c4)cn3)cc2)[nH]1. The molecule has 12 heteroatoms. The third-order valence-electron chi connectivity index (χ3n) is 9.40. The largest absolute Gasteiger partial charge is 0.453 e. The van der Waals surface area contributed by atoms with Crippen LogP contribution in [0.3, 0.4) is 0 Å². The van der Waals surface area contributed by atoms with E-state index < -0.39 is 12.1 Å². The molecule has 48 heavy (non-hydrogen) atoms. The molecule has 2 aliphatic heterocycles. The smallest absolute Gasteiger partial charge is 0.407 e. The van der Waals surface area contributed by atoms with Gasteiger partial charge in [0.1, 0.15) is 17.7 Å². The number of nitrogens with zero attached hydrogens (tertiary/aromatic N) is 5. The van der Waals surface area contributed by atoms with Crippen LogP contribution in [-0.4, -0.2) is 73.0 Å². The third kappa shape index (κ3) is 6.18. The Bertz CT molecular complexity index is 1930. The molecule has 246 valence electrons. The van der Waals surface area contributed by atoms with Crippen LogP contribution in [0.25, 0.3) is 44.8 Å². The first-order chi connectivity index (χ1) is 23.4. The number of aromatic nitrogens is 6. The molecule has 0 bridgehead atoms. The van der Waals surface area contributed by atoms with E-state index in [-0.39, 0.29) is 23.9 Å². The summed E-state index contributed by atoms with van der Waals surface area (Å²) in [7, 11) is 1.28. The molecule has 7 rings (SSSR count). The van der Waals surface area contributed by atoms with Gasteiger partial charge < -0.3 is 30.2 Å². The number of hydrogen-bond acceptors (Lipinski definition) is 8.